The molecule has 2 aromatic carbocycles. The van der Waals surface area contributed by atoms with Gasteiger partial charge in [-0.1, -0.05) is 45.0 Å². The minimum absolute atomic E-state index is 0.0752. The Morgan fingerprint density at radius 1 is 1.12 bits per heavy atom. The molecule has 2 aromatic rings. The van der Waals surface area contributed by atoms with E-state index >= 15 is 0 Å². The number of Topliss-reactive ketones (excluding diaryl/α,β-unsaturated/α-hetero) is 1. The van der Waals surface area contributed by atoms with E-state index in [0.29, 0.717) is 17.1 Å². The third kappa shape index (κ3) is 3.54. The number of ketones is 1. The van der Waals surface area contributed by atoms with Gasteiger partial charge in [-0.2, -0.15) is 0 Å². The molecule has 0 aromatic heterocycles. The number of rotatable bonds is 2. The Hall–Kier alpha value is -2.88. The zero-order valence-electron chi connectivity index (χ0n) is 15.7. The van der Waals surface area contributed by atoms with Crippen LogP contribution in [-0.4, -0.2) is 11.8 Å². The van der Waals surface area contributed by atoms with Crippen LogP contribution in [0.5, 0.6) is 11.5 Å². The van der Waals surface area contributed by atoms with Gasteiger partial charge < -0.3 is 9.47 Å². The molecular weight excluding hydrogens is 328 g/mol. The first kappa shape index (κ1) is 17.9. The Bertz CT molecular complexity index is 912. The number of esters is 1. The van der Waals surface area contributed by atoms with Gasteiger partial charge >= 0.3 is 5.97 Å². The number of allylic oxidation sites excluding steroid dienone is 1. The molecule has 1 aliphatic heterocycles. The van der Waals surface area contributed by atoms with Crippen molar-refractivity contribution in [3.8, 4) is 11.5 Å². The summed E-state index contributed by atoms with van der Waals surface area (Å²) in [6.07, 6.45) is 1.74. The molecular formula is C22H22O4. The first-order valence-corrected chi connectivity index (χ1v) is 8.53. The molecule has 0 spiro atoms. The summed E-state index contributed by atoms with van der Waals surface area (Å²) < 4.78 is 10.8. The first-order chi connectivity index (χ1) is 12.1. The molecule has 0 radical (unpaired) electrons. The largest absolute Gasteiger partial charge is 0.452 e. The van der Waals surface area contributed by atoms with Crippen molar-refractivity contribution in [1.29, 1.82) is 0 Å². The van der Waals surface area contributed by atoms with Crippen LogP contribution < -0.4 is 9.47 Å². The number of carbonyl (C=O) groups excluding carboxylic acids is 2. The number of ether oxygens (including phenoxy) is 2. The molecule has 1 heterocycles. The molecule has 0 aliphatic carbocycles. The van der Waals surface area contributed by atoms with Crippen molar-refractivity contribution in [2.45, 2.75) is 40.0 Å². The molecule has 0 unspecified atom stereocenters. The molecule has 3 rings (SSSR count). The van der Waals surface area contributed by atoms with E-state index in [1.165, 1.54) is 12.5 Å². The highest BCUT2D eigenvalue weighted by Crippen LogP contribution is 2.37. The van der Waals surface area contributed by atoms with E-state index in [9.17, 15) is 9.59 Å². The predicted molar refractivity (Wildman–Crippen MR) is 101 cm³/mol. The maximum atomic E-state index is 12.7. The van der Waals surface area contributed by atoms with E-state index in [0.717, 1.165) is 11.1 Å². The third-order valence-electron chi connectivity index (χ3n) is 4.28. The highest BCUT2D eigenvalue weighted by molar-refractivity contribution is 6.15. The molecule has 4 heteroatoms. The van der Waals surface area contributed by atoms with Crippen LogP contribution in [0.25, 0.3) is 6.08 Å². The van der Waals surface area contributed by atoms with Crippen molar-refractivity contribution in [3.63, 3.8) is 0 Å². The number of hydrogen-bond donors (Lipinski definition) is 0. The fourth-order valence-corrected chi connectivity index (χ4v) is 2.93. The number of aryl methyl sites for hydroxylation is 1. The van der Waals surface area contributed by atoms with Gasteiger partial charge in [-0.3, -0.25) is 9.59 Å². The van der Waals surface area contributed by atoms with E-state index in [4.69, 9.17) is 9.47 Å². The molecule has 0 saturated carbocycles. The second kappa shape index (κ2) is 6.45. The van der Waals surface area contributed by atoms with E-state index in [2.05, 4.69) is 32.9 Å². The van der Waals surface area contributed by atoms with Crippen LogP contribution in [0.2, 0.25) is 0 Å². The van der Waals surface area contributed by atoms with Crippen LogP contribution in [0.1, 0.15) is 54.7 Å². The fourth-order valence-electron chi connectivity index (χ4n) is 2.93. The lowest BCUT2D eigenvalue weighted by molar-refractivity contribution is -0.131. The average Bonchev–Trinajstić information content (AvgIpc) is 2.82. The van der Waals surface area contributed by atoms with Crippen molar-refractivity contribution < 1.29 is 19.1 Å². The van der Waals surface area contributed by atoms with Crippen LogP contribution in [0.15, 0.2) is 42.2 Å². The molecule has 0 atom stereocenters. The van der Waals surface area contributed by atoms with Crippen molar-refractivity contribution in [2.75, 3.05) is 0 Å². The smallest absolute Gasteiger partial charge is 0.308 e. The molecule has 0 amide bonds. The Morgan fingerprint density at radius 2 is 1.77 bits per heavy atom. The normalized spacial score (nSPS) is 15.0. The van der Waals surface area contributed by atoms with Gasteiger partial charge in [-0.05, 0) is 41.2 Å². The van der Waals surface area contributed by atoms with Gasteiger partial charge in [0, 0.05) is 13.0 Å². The summed E-state index contributed by atoms with van der Waals surface area (Å²) >= 11 is 0. The van der Waals surface area contributed by atoms with Crippen molar-refractivity contribution in [1.82, 2.24) is 0 Å². The summed E-state index contributed by atoms with van der Waals surface area (Å²) in [5.74, 6) is 0.489. The summed E-state index contributed by atoms with van der Waals surface area (Å²) in [5, 5.41) is 0. The fraction of sp³-hybridized carbons (Fsp3) is 0.273. The quantitative estimate of drug-likeness (QED) is 0.442. The molecule has 1 aliphatic rings. The minimum atomic E-state index is -0.414. The Kier molecular flexibility index (Phi) is 4.45. The lowest BCUT2D eigenvalue weighted by Crippen LogP contribution is -2.10. The zero-order chi connectivity index (χ0) is 19.1. The van der Waals surface area contributed by atoms with Gasteiger partial charge in [0.2, 0.25) is 5.78 Å². The summed E-state index contributed by atoms with van der Waals surface area (Å²) in [7, 11) is 0. The van der Waals surface area contributed by atoms with Gasteiger partial charge in [-0.15, -0.1) is 0 Å². The molecule has 0 N–H and O–H groups in total. The van der Waals surface area contributed by atoms with E-state index in [1.807, 2.05) is 12.1 Å². The first-order valence-electron chi connectivity index (χ1n) is 8.53. The van der Waals surface area contributed by atoms with Gasteiger partial charge in [0.1, 0.15) is 11.5 Å². The maximum Gasteiger partial charge on any atom is 0.308 e. The molecule has 26 heavy (non-hydrogen) atoms. The minimum Gasteiger partial charge on any atom is -0.452 e. The molecule has 0 fully saturated rings. The third-order valence-corrected chi connectivity index (χ3v) is 4.28. The van der Waals surface area contributed by atoms with Crippen LogP contribution in [-0.2, 0) is 10.2 Å². The molecule has 4 nitrogen and oxygen atoms in total. The van der Waals surface area contributed by atoms with Crippen LogP contribution in [0.4, 0.5) is 0 Å². The summed E-state index contributed by atoms with van der Waals surface area (Å²) in [6.45, 7) is 9.61. The standard InChI is InChI=1S/C22H22O4/c1-13-10-17(25-14(2)23)12-18-20(13)21(24)19(26-18)11-15-6-8-16(9-7-15)22(3,4)5/h6-12H,1-5H3/b19-11-. The number of carbonyl (C=O) groups is 2. The second-order valence-electron chi connectivity index (χ2n) is 7.52. The second-order valence-corrected chi connectivity index (χ2v) is 7.52. The van der Waals surface area contributed by atoms with Crippen molar-refractivity contribution >= 4 is 17.8 Å². The Morgan fingerprint density at radius 3 is 2.35 bits per heavy atom. The lowest BCUT2D eigenvalue weighted by Gasteiger charge is -2.18. The van der Waals surface area contributed by atoms with Crippen molar-refractivity contribution in [3.05, 3.63) is 64.4 Å². The van der Waals surface area contributed by atoms with E-state index in [-0.39, 0.29) is 17.0 Å². The highest BCUT2D eigenvalue weighted by atomic mass is 16.5. The molecule has 0 saturated heterocycles. The van der Waals surface area contributed by atoms with Gasteiger partial charge in [0.25, 0.3) is 0 Å². The Balaban J connectivity index is 1.91. The summed E-state index contributed by atoms with van der Waals surface area (Å²) in [5.41, 5.74) is 3.43. The lowest BCUT2D eigenvalue weighted by atomic mass is 9.86. The Labute approximate surface area is 153 Å². The molecule has 134 valence electrons. The predicted octanol–water partition coefficient (Wildman–Crippen LogP) is 4.83. The topological polar surface area (TPSA) is 52.6 Å². The summed E-state index contributed by atoms with van der Waals surface area (Å²) in [6, 6.07) is 11.3. The average molecular weight is 350 g/mol. The zero-order valence-corrected chi connectivity index (χ0v) is 15.7. The number of fused-ring (bicyclic) bond motifs is 1. The number of benzene rings is 2. The van der Waals surface area contributed by atoms with Crippen LogP contribution >= 0.6 is 0 Å². The maximum absolute atomic E-state index is 12.7. The SMILES string of the molecule is CC(=O)Oc1cc(C)c2c(c1)O/C(=C\c1ccc(C(C)(C)C)cc1)C2=O. The van der Waals surface area contributed by atoms with Gasteiger partial charge in [0.15, 0.2) is 5.76 Å². The van der Waals surface area contributed by atoms with E-state index in [1.54, 1.807) is 25.1 Å². The van der Waals surface area contributed by atoms with E-state index < -0.39 is 5.97 Å². The summed E-state index contributed by atoms with van der Waals surface area (Å²) in [4.78, 5) is 23.8. The molecule has 0 bridgehead atoms. The van der Waals surface area contributed by atoms with Crippen LogP contribution in [0, 0.1) is 6.92 Å². The van der Waals surface area contributed by atoms with Gasteiger partial charge in [-0.25, -0.2) is 0 Å². The van der Waals surface area contributed by atoms with Gasteiger partial charge in [0.05, 0.1) is 5.56 Å². The highest BCUT2D eigenvalue weighted by Gasteiger charge is 2.30. The van der Waals surface area contributed by atoms with Crippen LogP contribution in [0.3, 0.4) is 0 Å². The van der Waals surface area contributed by atoms with Crippen molar-refractivity contribution in [2.24, 2.45) is 0 Å². The number of hydrogen-bond acceptors (Lipinski definition) is 4. The monoisotopic (exact) mass is 350 g/mol.